The van der Waals surface area contributed by atoms with Crippen LogP contribution in [-0.2, 0) is 10.0 Å². The quantitative estimate of drug-likeness (QED) is 0.756. The van der Waals surface area contributed by atoms with Gasteiger partial charge in [0.25, 0.3) is 5.91 Å². The van der Waals surface area contributed by atoms with Gasteiger partial charge in [0.15, 0.2) is 0 Å². The Labute approximate surface area is 158 Å². The van der Waals surface area contributed by atoms with Gasteiger partial charge >= 0.3 is 5.97 Å². The van der Waals surface area contributed by atoms with Gasteiger partial charge in [-0.15, -0.1) is 0 Å². The van der Waals surface area contributed by atoms with Crippen molar-refractivity contribution in [3.63, 3.8) is 0 Å². The molecule has 0 radical (unpaired) electrons. The summed E-state index contributed by atoms with van der Waals surface area (Å²) in [6.07, 6.45) is 0. The van der Waals surface area contributed by atoms with Crippen molar-refractivity contribution in [2.75, 3.05) is 18.4 Å². The van der Waals surface area contributed by atoms with Crippen molar-refractivity contribution in [1.82, 2.24) is 4.31 Å². The van der Waals surface area contributed by atoms with Crippen LogP contribution in [0.1, 0.15) is 40.1 Å². The number of carboxylic acid groups (broad SMARTS) is 1. The molecule has 8 heteroatoms. The van der Waals surface area contributed by atoms with E-state index in [0.29, 0.717) is 18.7 Å². The molecule has 0 bridgehead atoms. The summed E-state index contributed by atoms with van der Waals surface area (Å²) in [4.78, 5) is 24.0. The Bertz CT molecular complexity index is 966. The molecular weight excluding hydrogens is 368 g/mol. The fourth-order valence-corrected chi connectivity index (χ4v) is 4.17. The van der Waals surface area contributed by atoms with Gasteiger partial charge in [0.2, 0.25) is 10.0 Å². The van der Waals surface area contributed by atoms with Crippen LogP contribution in [0.5, 0.6) is 0 Å². The highest BCUT2D eigenvalue weighted by Gasteiger charge is 2.24. The summed E-state index contributed by atoms with van der Waals surface area (Å²) in [6, 6.07) is 10.4. The SMILES string of the molecule is CCN(CC)S(=O)(=O)c1ccc(C)c(C(=O)Nc2ccccc2C(=O)O)c1. The smallest absolute Gasteiger partial charge is 0.337 e. The lowest BCUT2D eigenvalue weighted by molar-refractivity contribution is 0.0698. The Kier molecular flexibility index (Phi) is 6.35. The molecule has 2 aromatic carbocycles. The van der Waals surface area contributed by atoms with Crippen LogP contribution in [0.15, 0.2) is 47.4 Å². The summed E-state index contributed by atoms with van der Waals surface area (Å²) in [5.41, 5.74) is 0.851. The Hall–Kier alpha value is -2.71. The molecule has 2 rings (SSSR count). The third kappa shape index (κ3) is 4.35. The molecule has 0 aliphatic carbocycles. The Morgan fingerprint density at radius 1 is 1.04 bits per heavy atom. The van der Waals surface area contributed by atoms with Gasteiger partial charge in [-0.1, -0.05) is 32.0 Å². The molecule has 0 spiro atoms. The first-order valence-electron chi connectivity index (χ1n) is 8.46. The monoisotopic (exact) mass is 390 g/mol. The van der Waals surface area contributed by atoms with Gasteiger partial charge < -0.3 is 10.4 Å². The highest BCUT2D eigenvalue weighted by Crippen LogP contribution is 2.22. The number of benzene rings is 2. The van der Waals surface area contributed by atoms with Crippen LogP contribution in [0.25, 0.3) is 0 Å². The van der Waals surface area contributed by atoms with Gasteiger partial charge in [0, 0.05) is 18.7 Å². The second-order valence-corrected chi connectivity index (χ2v) is 7.81. The third-order valence-corrected chi connectivity index (χ3v) is 6.25. The maximum absolute atomic E-state index is 12.7. The van der Waals surface area contributed by atoms with Gasteiger partial charge in [-0.05, 0) is 36.8 Å². The molecule has 0 heterocycles. The molecule has 0 aliphatic rings. The number of hydrogen-bond acceptors (Lipinski definition) is 4. The van der Waals surface area contributed by atoms with E-state index in [4.69, 9.17) is 0 Å². The number of hydrogen-bond donors (Lipinski definition) is 2. The fraction of sp³-hybridized carbons (Fsp3) is 0.263. The van der Waals surface area contributed by atoms with Crippen LogP contribution in [0.2, 0.25) is 0 Å². The molecule has 0 saturated carbocycles. The fourth-order valence-electron chi connectivity index (χ4n) is 2.69. The first-order chi connectivity index (χ1) is 12.7. The van der Waals surface area contributed by atoms with E-state index in [1.807, 2.05) is 0 Å². The van der Waals surface area contributed by atoms with Crippen LogP contribution >= 0.6 is 0 Å². The number of para-hydroxylation sites is 1. The lowest BCUT2D eigenvalue weighted by atomic mass is 10.1. The van der Waals surface area contributed by atoms with Crippen molar-refractivity contribution in [2.24, 2.45) is 0 Å². The lowest BCUT2D eigenvalue weighted by Gasteiger charge is -2.19. The summed E-state index contributed by atoms with van der Waals surface area (Å²) in [6.45, 7) is 5.81. The van der Waals surface area contributed by atoms with Gasteiger partial charge in [-0.25, -0.2) is 13.2 Å². The predicted octanol–water partition coefficient (Wildman–Crippen LogP) is 2.98. The summed E-state index contributed by atoms with van der Waals surface area (Å²) in [5.74, 6) is -1.74. The van der Waals surface area contributed by atoms with E-state index in [-0.39, 0.29) is 21.7 Å². The Morgan fingerprint density at radius 2 is 1.67 bits per heavy atom. The van der Waals surface area contributed by atoms with Crippen LogP contribution in [0.3, 0.4) is 0 Å². The average Bonchev–Trinajstić information content (AvgIpc) is 2.62. The first kappa shape index (κ1) is 20.6. The minimum Gasteiger partial charge on any atom is -0.478 e. The maximum atomic E-state index is 12.7. The minimum absolute atomic E-state index is 0.0217. The molecule has 0 atom stereocenters. The summed E-state index contributed by atoms with van der Waals surface area (Å²) < 4.78 is 26.7. The molecule has 144 valence electrons. The van der Waals surface area contributed by atoms with E-state index in [0.717, 1.165) is 0 Å². The van der Waals surface area contributed by atoms with Gasteiger partial charge in [0.1, 0.15) is 0 Å². The highest BCUT2D eigenvalue weighted by atomic mass is 32.2. The number of rotatable bonds is 7. The number of aromatic carboxylic acids is 1. The zero-order chi connectivity index (χ0) is 20.2. The lowest BCUT2D eigenvalue weighted by Crippen LogP contribution is -2.30. The van der Waals surface area contributed by atoms with Crippen molar-refractivity contribution in [1.29, 1.82) is 0 Å². The molecule has 2 aromatic rings. The van der Waals surface area contributed by atoms with E-state index >= 15 is 0 Å². The molecule has 27 heavy (non-hydrogen) atoms. The summed E-state index contributed by atoms with van der Waals surface area (Å²) in [5, 5.41) is 11.8. The number of aryl methyl sites for hydroxylation is 1. The highest BCUT2D eigenvalue weighted by molar-refractivity contribution is 7.89. The van der Waals surface area contributed by atoms with E-state index in [2.05, 4.69) is 5.32 Å². The van der Waals surface area contributed by atoms with E-state index in [1.165, 1.54) is 28.6 Å². The number of carbonyl (C=O) groups excluding carboxylic acids is 1. The Morgan fingerprint density at radius 3 is 2.26 bits per heavy atom. The molecule has 2 N–H and O–H groups in total. The zero-order valence-corrected chi connectivity index (χ0v) is 16.2. The number of nitrogens with one attached hydrogen (secondary N) is 1. The topological polar surface area (TPSA) is 104 Å². The number of anilines is 1. The molecular formula is C19H22N2O5S. The predicted molar refractivity (Wildman–Crippen MR) is 103 cm³/mol. The van der Waals surface area contributed by atoms with Gasteiger partial charge in [-0.2, -0.15) is 4.31 Å². The number of carboxylic acids is 1. The molecule has 1 amide bonds. The largest absolute Gasteiger partial charge is 0.478 e. The van der Waals surface area contributed by atoms with E-state index < -0.39 is 21.9 Å². The molecule has 0 aromatic heterocycles. The van der Waals surface area contributed by atoms with Crippen molar-refractivity contribution in [3.05, 3.63) is 59.2 Å². The van der Waals surface area contributed by atoms with Crippen molar-refractivity contribution in [3.8, 4) is 0 Å². The van der Waals surface area contributed by atoms with Crippen LogP contribution in [-0.4, -0.2) is 42.8 Å². The molecule has 0 aliphatic heterocycles. The summed E-state index contributed by atoms with van der Waals surface area (Å²) >= 11 is 0. The second-order valence-electron chi connectivity index (χ2n) is 5.87. The first-order valence-corrected chi connectivity index (χ1v) is 9.90. The maximum Gasteiger partial charge on any atom is 0.337 e. The molecule has 0 unspecified atom stereocenters. The number of carbonyl (C=O) groups is 2. The second kappa shape index (κ2) is 8.32. The third-order valence-electron chi connectivity index (χ3n) is 4.20. The number of nitrogens with zero attached hydrogens (tertiary/aromatic N) is 1. The molecule has 7 nitrogen and oxygen atoms in total. The van der Waals surface area contributed by atoms with Crippen molar-refractivity contribution < 1.29 is 23.1 Å². The van der Waals surface area contributed by atoms with Gasteiger partial charge in [0.05, 0.1) is 16.1 Å². The standard InChI is InChI=1S/C19H22N2O5S/c1-4-21(5-2)27(25,26)14-11-10-13(3)16(12-14)18(22)20-17-9-7-6-8-15(17)19(23)24/h6-12H,4-5H2,1-3H3,(H,20,22)(H,23,24). The van der Waals surface area contributed by atoms with Crippen LogP contribution in [0.4, 0.5) is 5.69 Å². The molecule has 0 fully saturated rings. The normalized spacial score (nSPS) is 11.4. The number of sulfonamides is 1. The summed E-state index contributed by atoms with van der Waals surface area (Å²) in [7, 11) is -3.71. The van der Waals surface area contributed by atoms with E-state index in [9.17, 15) is 23.1 Å². The number of amides is 1. The average molecular weight is 390 g/mol. The van der Waals surface area contributed by atoms with Crippen molar-refractivity contribution in [2.45, 2.75) is 25.7 Å². The minimum atomic E-state index is -3.71. The van der Waals surface area contributed by atoms with E-state index in [1.54, 1.807) is 39.0 Å². The Balaban J connectivity index is 2.42. The zero-order valence-electron chi connectivity index (χ0n) is 15.4. The molecule has 0 saturated heterocycles. The van der Waals surface area contributed by atoms with Crippen LogP contribution in [0, 0.1) is 6.92 Å². The van der Waals surface area contributed by atoms with Crippen LogP contribution < -0.4 is 5.32 Å². The van der Waals surface area contributed by atoms with Gasteiger partial charge in [-0.3, -0.25) is 4.79 Å². The van der Waals surface area contributed by atoms with Crippen molar-refractivity contribution >= 4 is 27.6 Å².